The van der Waals surface area contributed by atoms with Crippen LogP contribution in [0, 0.1) is 5.92 Å². The summed E-state index contributed by atoms with van der Waals surface area (Å²) in [6, 6.07) is -6.26. The van der Waals surface area contributed by atoms with Crippen molar-refractivity contribution in [2.45, 2.75) is 128 Å². The Balaban J connectivity index is 3.34. The fourth-order valence-electron chi connectivity index (χ4n) is 5.81. The van der Waals surface area contributed by atoms with Gasteiger partial charge in [0.2, 0.25) is 41.4 Å². The summed E-state index contributed by atoms with van der Waals surface area (Å²) < 4.78 is 0. The fourth-order valence-corrected chi connectivity index (χ4v) is 5.81. The first-order valence-electron chi connectivity index (χ1n) is 18.5. The van der Waals surface area contributed by atoms with E-state index in [1.54, 1.807) is 13.0 Å². The molecule has 0 bridgehead atoms. The quantitative estimate of drug-likeness (QED) is 0.0156. The van der Waals surface area contributed by atoms with Crippen LogP contribution in [0.3, 0.4) is 0 Å². The van der Waals surface area contributed by atoms with E-state index in [1.165, 1.54) is 17.9 Å². The van der Waals surface area contributed by atoms with Crippen LogP contribution in [0.25, 0.3) is 0 Å². The summed E-state index contributed by atoms with van der Waals surface area (Å²) in [5.74, 6) is -4.30. The van der Waals surface area contributed by atoms with E-state index in [2.05, 4.69) is 31.6 Å². The van der Waals surface area contributed by atoms with Gasteiger partial charge in [0.25, 0.3) is 0 Å². The molecule has 13 N–H and O–H groups in total. The van der Waals surface area contributed by atoms with Crippen molar-refractivity contribution in [3.05, 3.63) is 12.2 Å². The number of unbranched alkanes of at least 4 members (excludes halogenated alkanes) is 1. The Labute approximate surface area is 317 Å². The Kier molecular flexibility index (Phi) is 21.8. The van der Waals surface area contributed by atoms with Gasteiger partial charge in [-0.05, 0) is 83.6 Å². The van der Waals surface area contributed by atoms with Gasteiger partial charge in [-0.2, -0.15) is 0 Å². The van der Waals surface area contributed by atoms with Crippen molar-refractivity contribution in [1.82, 2.24) is 31.5 Å². The standard InChI is InChI=1S/C35H61N11O8/c1-5-10-29(49)40-16-7-6-11-24(31(51)44-26(14-15-28(37)48)30(50)42-23(20-47)19-21(2)3)43-32(52)25(12-8-17-41-35(38)39)45-33(53)27-13-9-18-46(27)34(54)22(4)36/h5,10,20-27H,6-9,11-19,36H2,1-4H3,(H2,37,48)(H,40,49)(H,42,50)(H,43,52)(H,44,51)(H,45,53)(H4,38,39,41)/b10-5+/t22-,23-,24-,25-,26-,27-/m0/s1. The third-order valence-electron chi connectivity index (χ3n) is 8.51. The van der Waals surface area contributed by atoms with E-state index in [0.717, 1.165) is 0 Å². The molecule has 7 amide bonds. The molecule has 0 aromatic rings. The lowest BCUT2D eigenvalue weighted by molar-refractivity contribution is -0.140. The van der Waals surface area contributed by atoms with Crippen LogP contribution >= 0.6 is 0 Å². The summed E-state index contributed by atoms with van der Waals surface area (Å²) in [5, 5.41) is 13.3. The molecular formula is C35H61N11O8. The molecule has 1 aliphatic rings. The third kappa shape index (κ3) is 18.1. The van der Waals surface area contributed by atoms with Gasteiger partial charge in [0.1, 0.15) is 30.5 Å². The number of amides is 7. The van der Waals surface area contributed by atoms with Crippen LogP contribution in [0.15, 0.2) is 17.1 Å². The summed E-state index contributed by atoms with van der Waals surface area (Å²) in [6.45, 7) is 7.70. The van der Waals surface area contributed by atoms with Crippen LogP contribution in [0.4, 0.5) is 0 Å². The van der Waals surface area contributed by atoms with E-state index in [1.807, 2.05) is 13.8 Å². The van der Waals surface area contributed by atoms with Gasteiger partial charge < -0.3 is 59.2 Å². The first-order valence-corrected chi connectivity index (χ1v) is 18.5. The van der Waals surface area contributed by atoms with Crippen LogP contribution in [0.1, 0.15) is 91.9 Å². The van der Waals surface area contributed by atoms with Crippen LogP contribution < -0.4 is 49.5 Å². The van der Waals surface area contributed by atoms with Crippen LogP contribution in [-0.4, -0.2) is 114 Å². The second-order valence-corrected chi connectivity index (χ2v) is 13.8. The molecule has 1 rings (SSSR count). The Hall–Kier alpha value is -5.07. The highest BCUT2D eigenvalue weighted by molar-refractivity contribution is 5.96. The molecule has 0 saturated carbocycles. The van der Waals surface area contributed by atoms with E-state index in [-0.39, 0.29) is 63.0 Å². The summed E-state index contributed by atoms with van der Waals surface area (Å²) in [4.78, 5) is 108. The zero-order valence-corrected chi connectivity index (χ0v) is 31.9. The van der Waals surface area contributed by atoms with Gasteiger partial charge in [0.05, 0.1) is 12.1 Å². The molecule has 0 unspecified atom stereocenters. The molecule has 0 aliphatic carbocycles. The van der Waals surface area contributed by atoms with E-state index >= 15 is 0 Å². The first-order chi connectivity index (χ1) is 25.5. The zero-order valence-electron chi connectivity index (χ0n) is 31.9. The molecule has 304 valence electrons. The Morgan fingerprint density at radius 1 is 0.833 bits per heavy atom. The van der Waals surface area contributed by atoms with Crippen LogP contribution in [0.2, 0.25) is 0 Å². The van der Waals surface area contributed by atoms with E-state index in [4.69, 9.17) is 22.9 Å². The molecule has 19 nitrogen and oxygen atoms in total. The minimum Gasteiger partial charge on any atom is -0.370 e. The topological polar surface area (TPSA) is 316 Å². The number of nitrogens with two attached hydrogens (primary N) is 4. The van der Waals surface area contributed by atoms with E-state index < -0.39 is 71.7 Å². The molecule has 0 aromatic heterocycles. The van der Waals surface area contributed by atoms with Gasteiger partial charge in [0, 0.05) is 26.1 Å². The summed E-state index contributed by atoms with van der Waals surface area (Å²) in [5.41, 5.74) is 22.0. The number of hydrogen-bond acceptors (Lipinski definition) is 10. The largest absolute Gasteiger partial charge is 0.370 e. The second-order valence-electron chi connectivity index (χ2n) is 13.8. The number of guanidine groups is 1. The maximum Gasteiger partial charge on any atom is 0.243 e. The summed E-state index contributed by atoms with van der Waals surface area (Å²) in [6.07, 6.45) is 5.49. The minimum atomic E-state index is -1.29. The Bertz CT molecular complexity index is 1350. The lowest BCUT2D eigenvalue weighted by Gasteiger charge is -2.28. The van der Waals surface area contributed by atoms with E-state index in [9.17, 15) is 38.4 Å². The van der Waals surface area contributed by atoms with Gasteiger partial charge in [0.15, 0.2) is 5.96 Å². The van der Waals surface area contributed by atoms with Gasteiger partial charge in [-0.15, -0.1) is 0 Å². The SMILES string of the molecule is C/C=C/C(=O)NCCCC[C@H](NC(=O)[C@H](CCCN=C(N)N)NC(=O)[C@@H]1CCCN1C(=O)[C@H](C)N)C(=O)N[C@@H](CCC(N)=O)C(=O)N[C@H](C=O)CC(C)C. The number of aldehydes is 1. The van der Waals surface area contributed by atoms with Crippen molar-refractivity contribution in [3.8, 4) is 0 Å². The lowest BCUT2D eigenvalue weighted by atomic mass is 10.0. The zero-order chi connectivity index (χ0) is 40.8. The highest BCUT2D eigenvalue weighted by Crippen LogP contribution is 2.19. The third-order valence-corrected chi connectivity index (χ3v) is 8.51. The monoisotopic (exact) mass is 763 g/mol. The number of allylic oxidation sites excluding steroid dienone is 1. The smallest absolute Gasteiger partial charge is 0.243 e. The summed E-state index contributed by atoms with van der Waals surface area (Å²) >= 11 is 0. The molecule has 6 atom stereocenters. The van der Waals surface area contributed by atoms with Crippen molar-refractivity contribution in [2.75, 3.05) is 19.6 Å². The molecule has 1 saturated heterocycles. The number of rotatable bonds is 25. The number of primary amides is 1. The molecule has 1 aliphatic heterocycles. The molecule has 0 radical (unpaired) electrons. The molecule has 1 fully saturated rings. The molecule has 1 heterocycles. The lowest BCUT2D eigenvalue weighted by Crippen LogP contribution is -2.59. The van der Waals surface area contributed by atoms with Gasteiger partial charge in [-0.3, -0.25) is 38.6 Å². The number of nitrogens with one attached hydrogen (secondary N) is 5. The number of nitrogens with zero attached hydrogens (tertiary/aromatic N) is 2. The maximum absolute atomic E-state index is 13.9. The predicted molar refractivity (Wildman–Crippen MR) is 202 cm³/mol. The first kappa shape index (κ1) is 47.0. The van der Waals surface area contributed by atoms with Crippen LogP contribution in [0.5, 0.6) is 0 Å². The number of carbonyl (C=O) groups is 8. The molecular weight excluding hydrogens is 702 g/mol. The predicted octanol–water partition coefficient (Wildman–Crippen LogP) is -2.31. The van der Waals surface area contributed by atoms with Gasteiger partial charge in [-0.25, -0.2) is 0 Å². The van der Waals surface area contributed by atoms with Crippen molar-refractivity contribution in [1.29, 1.82) is 0 Å². The molecule has 0 aromatic carbocycles. The molecule has 19 heteroatoms. The van der Waals surface area contributed by atoms with Crippen molar-refractivity contribution in [2.24, 2.45) is 33.8 Å². The van der Waals surface area contributed by atoms with Crippen LogP contribution in [-0.2, 0) is 38.4 Å². The average molecular weight is 764 g/mol. The number of hydrogen-bond donors (Lipinski definition) is 9. The van der Waals surface area contributed by atoms with Crippen molar-refractivity contribution in [3.63, 3.8) is 0 Å². The second kappa shape index (κ2) is 25.0. The Morgan fingerprint density at radius 3 is 1.98 bits per heavy atom. The average Bonchev–Trinajstić information content (AvgIpc) is 3.59. The van der Waals surface area contributed by atoms with E-state index in [0.29, 0.717) is 44.9 Å². The fraction of sp³-hybridized carbons (Fsp3) is 0.686. The highest BCUT2D eigenvalue weighted by Gasteiger charge is 2.37. The number of likely N-dealkylation sites (tertiary alicyclic amines) is 1. The number of aliphatic imine (C=N–C) groups is 1. The normalized spacial score (nSPS) is 16.7. The van der Waals surface area contributed by atoms with Gasteiger partial charge >= 0.3 is 0 Å². The molecule has 0 spiro atoms. The minimum absolute atomic E-state index is 0.0551. The molecule has 54 heavy (non-hydrogen) atoms. The Morgan fingerprint density at radius 2 is 1.43 bits per heavy atom. The highest BCUT2D eigenvalue weighted by atomic mass is 16.2. The number of carbonyl (C=O) groups excluding carboxylic acids is 8. The van der Waals surface area contributed by atoms with Crippen molar-refractivity contribution >= 4 is 53.6 Å². The van der Waals surface area contributed by atoms with Crippen molar-refractivity contribution < 1.29 is 38.4 Å². The maximum atomic E-state index is 13.9. The summed E-state index contributed by atoms with van der Waals surface area (Å²) in [7, 11) is 0. The van der Waals surface area contributed by atoms with Gasteiger partial charge in [-0.1, -0.05) is 19.9 Å².